The van der Waals surface area contributed by atoms with Gasteiger partial charge in [0.05, 0.1) is 18.8 Å². The molecule has 0 spiro atoms. The lowest BCUT2D eigenvalue weighted by atomic mass is 10.1. The Hall–Kier alpha value is -2.38. The van der Waals surface area contributed by atoms with Crippen molar-refractivity contribution in [2.75, 3.05) is 11.9 Å². The first-order chi connectivity index (χ1) is 12.4. The number of benzene rings is 1. The van der Waals surface area contributed by atoms with E-state index in [1.165, 1.54) is 0 Å². The summed E-state index contributed by atoms with van der Waals surface area (Å²) in [4.78, 5) is 28.0. The fourth-order valence-electron chi connectivity index (χ4n) is 2.45. The molecule has 0 aliphatic heterocycles. The number of halogens is 1. The van der Waals surface area contributed by atoms with E-state index in [2.05, 4.69) is 15.6 Å². The van der Waals surface area contributed by atoms with E-state index in [0.717, 1.165) is 30.1 Å². The highest BCUT2D eigenvalue weighted by Gasteiger charge is 2.28. The van der Waals surface area contributed by atoms with E-state index in [4.69, 9.17) is 10.2 Å². The van der Waals surface area contributed by atoms with Crippen molar-refractivity contribution in [1.29, 1.82) is 0 Å². The molecule has 2 aromatic rings. The van der Waals surface area contributed by atoms with E-state index in [-0.39, 0.29) is 36.7 Å². The van der Waals surface area contributed by atoms with Crippen LogP contribution in [0.1, 0.15) is 38.5 Å². The summed E-state index contributed by atoms with van der Waals surface area (Å²) in [6, 6.07) is 6.67. The molecule has 1 aliphatic rings. The summed E-state index contributed by atoms with van der Waals surface area (Å²) in [5.41, 5.74) is 7.28. The van der Waals surface area contributed by atoms with Crippen LogP contribution >= 0.6 is 12.4 Å². The number of nitrogens with two attached hydrogens (primary N) is 1. The van der Waals surface area contributed by atoms with Crippen molar-refractivity contribution in [2.24, 2.45) is 11.7 Å². The van der Waals surface area contributed by atoms with Crippen molar-refractivity contribution < 1.29 is 14.0 Å². The van der Waals surface area contributed by atoms with Crippen LogP contribution in [0.15, 0.2) is 34.9 Å². The first-order valence-corrected chi connectivity index (χ1v) is 8.83. The van der Waals surface area contributed by atoms with Crippen LogP contribution in [-0.4, -0.2) is 29.4 Å². The van der Waals surface area contributed by atoms with Gasteiger partial charge in [-0.25, -0.2) is 4.98 Å². The summed E-state index contributed by atoms with van der Waals surface area (Å²) in [7, 11) is 0. The smallest absolute Gasteiger partial charge is 0.243 e. The predicted octanol–water partition coefficient (Wildman–Crippen LogP) is 2.68. The molecule has 0 saturated heterocycles. The molecule has 1 aliphatic carbocycles. The number of amides is 2. The average Bonchev–Trinajstić information content (AvgIpc) is 3.36. The molecule has 7 nitrogen and oxygen atoms in total. The van der Waals surface area contributed by atoms with Crippen LogP contribution in [0.3, 0.4) is 0 Å². The van der Waals surface area contributed by atoms with Gasteiger partial charge >= 0.3 is 0 Å². The maximum atomic E-state index is 12.0. The molecule has 146 valence electrons. The minimum Gasteiger partial charge on any atom is -0.440 e. The molecule has 2 amide bonds. The molecule has 8 heteroatoms. The van der Waals surface area contributed by atoms with Gasteiger partial charge in [-0.05, 0) is 43.0 Å². The van der Waals surface area contributed by atoms with Crippen LogP contribution in [0.25, 0.3) is 11.3 Å². The summed E-state index contributed by atoms with van der Waals surface area (Å²) in [5.74, 6) is 1.37. The third kappa shape index (κ3) is 5.55. The quantitative estimate of drug-likeness (QED) is 0.670. The van der Waals surface area contributed by atoms with Crippen molar-refractivity contribution in [3.8, 4) is 11.3 Å². The normalized spacial score (nSPS) is 14.4. The summed E-state index contributed by atoms with van der Waals surface area (Å²) in [6.45, 7) is 3.59. The van der Waals surface area contributed by atoms with E-state index < -0.39 is 6.04 Å². The predicted molar refractivity (Wildman–Crippen MR) is 106 cm³/mol. The molecule has 3 rings (SSSR count). The molecular weight excluding hydrogens is 368 g/mol. The monoisotopic (exact) mass is 392 g/mol. The second-order valence-electron chi connectivity index (χ2n) is 6.95. The summed E-state index contributed by atoms with van der Waals surface area (Å²) >= 11 is 0. The van der Waals surface area contributed by atoms with E-state index in [0.29, 0.717) is 11.6 Å². The molecule has 1 aromatic heterocycles. The number of hydrogen-bond donors (Lipinski definition) is 3. The van der Waals surface area contributed by atoms with E-state index in [9.17, 15) is 9.59 Å². The topological polar surface area (TPSA) is 110 Å². The number of aromatic nitrogens is 1. The molecule has 0 radical (unpaired) electrons. The van der Waals surface area contributed by atoms with Crippen molar-refractivity contribution in [1.82, 2.24) is 10.3 Å². The lowest BCUT2D eigenvalue weighted by Gasteiger charge is -2.15. The lowest BCUT2D eigenvalue weighted by molar-refractivity contribution is -0.125. The maximum Gasteiger partial charge on any atom is 0.243 e. The molecule has 1 atom stereocenters. The first-order valence-electron chi connectivity index (χ1n) is 8.83. The zero-order valence-electron chi connectivity index (χ0n) is 15.4. The number of nitrogens with one attached hydrogen (secondary N) is 2. The number of nitrogens with zero attached hydrogens (tertiary/aromatic N) is 1. The standard InChI is InChI=1S/C19H24N4O3.ClH/c1-11(2)17(20)18(25)21-10-16(24)23-14-7-5-12(6-8-14)15-9-22-19(26-15)13-3-4-13;/h5-9,11,13,17H,3-4,10,20H2,1-2H3,(H,21,25)(H,23,24);1H/t17-;/m0./s1. The minimum absolute atomic E-state index is 0. The Labute approximate surface area is 164 Å². The summed E-state index contributed by atoms with van der Waals surface area (Å²) < 4.78 is 5.76. The van der Waals surface area contributed by atoms with Crippen LogP contribution in [0.5, 0.6) is 0 Å². The molecule has 0 unspecified atom stereocenters. The van der Waals surface area contributed by atoms with Crippen LogP contribution < -0.4 is 16.4 Å². The Morgan fingerprint density at radius 3 is 2.52 bits per heavy atom. The number of carbonyl (C=O) groups is 2. The molecule has 1 heterocycles. The van der Waals surface area contributed by atoms with Crippen molar-refractivity contribution >= 4 is 29.9 Å². The van der Waals surface area contributed by atoms with Crippen molar-refractivity contribution in [3.05, 3.63) is 36.4 Å². The second-order valence-corrected chi connectivity index (χ2v) is 6.95. The maximum absolute atomic E-state index is 12.0. The SMILES string of the molecule is CC(C)[C@H](N)C(=O)NCC(=O)Nc1ccc(-c2cnc(C3CC3)o2)cc1.Cl. The molecule has 0 bridgehead atoms. The molecule has 4 N–H and O–H groups in total. The van der Waals surface area contributed by atoms with Gasteiger partial charge in [0.1, 0.15) is 0 Å². The van der Waals surface area contributed by atoms with Crippen LogP contribution in [0, 0.1) is 5.92 Å². The number of carbonyl (C=O) groups excluding carboxylic acids is 2. The minimum atomic E-state index is -0.621. The Morgan fingerprint density at radius 1 is 1.26 bits per heavy atom. The average molecular weight is 393 g/mol. The number of rotatable bonds is 7. The Kier molecular flexibility index (Phi) is 6.98. The summed E-state index contributed by atoms with van der Waals surface area (Å²) in [5, 5.41) is 5.28. The number of oxazole rings is 1. The highest BCUT2D eigenvalue weighted by atomic mass is 35.5. The van der Waals surface area contributed by atoms with Gasteiger partial charge in [-0.15, -0.1) is 12.4 Å². The molecule has 1 aromatic carbocycles. The molecule has 1 fully saturated rings. The van der Waals surface area contributed by atoms with Gasteiger partial charge in [0.15, 0.2) is 11.7 Å². The second kappa shape index (κ2) is 9.01. The highest BCUT2D eigenvalue weighted by Crippen LogP contribution is 2.40. The highest BCUT2D eigenvalue weighted by molar-refractivity contribution is 5.95. The zero-order chi connectivity index (χ0) is 18.7. The molecular formula is C19H25ClN4O3. The van der Waals surface area contributed by atoms with Crippen LogP contribution in [0.4, 0.5) is 5.69 Å². The Balaban J connectivity index is 0.00000261. The fourth-order valence-corrected chi connectivity index (χ4v) is 2.45. The van der Waals surface area contributed by atoms with Crippen molar-refractivity contribution in [2.45, 2.75) is 38.6 Å². The van der Waals surface area contributed by atoms with Gasteiger partial charge < -0.3 is 20.8 Å². The fraction of sp³-hybridized carbons (Fsp3) is 0.421. The third-order valence-electron chi connectivity index (χ3n) is 4.35. The first kappa shape index (κ1) is 20.9. The van der Waals surface area contributed by atoms with E-state index in [1.807, 2.05) is 26.0 Å². The van der Waals surface area contributed by atoms with Crippen LogP contribution in [-0.2, 0) is 9.59 Å². The van der Waals surface area contributed by atoms with Crippen LogP contribution in [0.2, 0.25) is 0 Å². The number of hydrogen-bond acceptors (Lipinski definition) is 5. The van der Waals surface area contributed by atoms with Gasteiger partial charge in [0, 0.05) is 17.2 Å². The Morgan fingerprint density at radius 2 is 1.93 bits per heavy atom. The van der Waals surface area contributed by atoms with Crippen molar-refractivity contribution in [3.63, 3.8) is 0 Å². The third-order valence-corrected chi connectivity index (χ3v) is 4.35. The largest absolute Gasteiger partial charge is 0.440 e. The van der Waals surface area contributed by atoms with Gasteiger partial charge in [0.25, 0.3) is 0 Å². The summed E-state index contributed by atoms with van der Waals surface area (Å²) in [6.07, 6.45) is 4.02. The van der Waals surface area contributed by atoms with Gasteiger partial charge in [0.2, 0.25) is 11.8 Å². The van der Waals surface area contributed by atoms with Gasteiger partial charge in [-0.3, -0.25) is 9.59 Å². The number of anilines is 1. The zero-order valence-corrected chi connectivity index (χ0v) is 16.2. The molecule has 27 heavy (non-hydrogen) atoms. The van der Waals surface area contributed by atoms with E-state index >= 15 is 0 Å². The van der Waals surface area contributed by atoms with Gasteiger partial charge in [-0.2, -0.15) is 0 Å². The van der Waals surface area contributed by atoms with E-state index in [1.54, 1.807) is 18.3 Å². The molecule has 1 saturated carbocycles. The lowest BCUT2D eigenvalue weighted by Crippen LogP contribution is -2.46. The Bertz CT molecular complexity index is 785. The van der Waals surface area contributed by atoms with Gasteiger partial charge in [-0.1, -0.05) is 13.8 Å².